The monoisotopic (exact) mass is 257 g/mol. The van der Waals surface area contributed by atoms with E-state index in [1.807, 2.05) is 0 Å². The van der Waals surface area contributed by atoms with Crippen LogP contribution >= 0.6 is 0 Å². The van der Waals surface area contributed by atoms with Crippen molar-refractivity contribution in [2.45, 2.75) is 12.8 Å². The quantitative estimate of drug-likeness (QED) is 0.785. The first kappa shape index (κ1) is 12.0. The molecule has 0 aliphatic heterocycles. The van der Waals surface area contributed by atoms with Gasteiger partial charge in [0.1, 0.15) is 0 Å². The molecule has 2 rings (SSSR count). The maximum Gasteiger partial charge on any atom is 0.229 e. The number of aromatic hydroxyl groups is 1. The molecule has 1 fully saturated rings. The average Bonchev–Trinajstić information content (AvgIpc) is 3.01. The molecule has 0 heterocycles. The van der Waals surface area contributed by atoms with Crippen molar-refractivity contribution < 1.29 is 18.3 Å². The van der Waals surface area contributed by atoms with Crippen LogP contribution in [0, 0.1) is 5.92 Å². The number of ether oxygens (including phenoxy) is 1. The van der Waals surface area contributed by atoms with Crippen LogP contribution in [0.2, 0.25) is 0 Å². The molecule has 0 atom stereocenters. The molecule has 1 aliphatic carbocycles. The van der Waals surface area contributed by atoms with Crippen molar-refractivity contribution in [1.29, 1.82) is 0 Å². The number of nitrogens with one attached hydrogen (secondary N) is 1. The number of benzene rings is 1. The summed E-state index contributed by atoms with van der Waals surface area (Å²) in [6.45, 7) is 0.565. The van der Waals surface area contributed by atoms with Crippen LogP contribution in [-0.2, 0) is 10.0 Å². The number of sulfonamides is 1. The van der Waals surface area contributed by atoms with Crippen LogP contribution in [0.15, 0.2) is 18.2 Å². The fourth-order valence-electron chi connectivity index (χ4n) is 1.41. The molecule has 0 aromatic heterocycles. The third-order valence-electron chi connectivity index (χ3n) is 2.47. The van der Waals surface area contributed by atoms with Gasteiger partial charge in [-0.05, 0) is 30.9 Å². The van der Waals surface area contributed by atoms with Gasteiger partial charge in [0.25, 0.3) is 0 Å². The second-order valence-corrected chi connectivity index (χ2v) is 6.03. The van der Waals surface area contributed by atoms with Crippen LogP contribution in [0.3, 0.4) is 0 Å². The number of phenolic OH excluding ortho intramolecular Hbond substituents is 1. The third-order valence-corrected chi connectivity index (χ3v) is 3.06. The lowest BCUT2D eigenvalue weighted by Gasteiger charge is -2.11. The molecule has 1 aromatic rings. The van der Waals surface area contributed by atoms with E-state index in [2.05, 4.69) is 4.72 Å². The van der Waals surface area contributed by atoms with Crippen LogP contribution in [0.5, 0.6) is 11.5 Å². The number of para-hydroxylation sites is 1. The van der Waals surface area contributed by atoms with Gasteiger partial charge >= 0.3 is 0 Å². The summed E-state index contributed by atoms with van der Waals surface area (Å²) in [5.41, 5.74) is 0.140. The summed E-state index contributed by atoms with van der Waals surface area (Å²) in [4.78, 5) is 0. The van der Waals surface area contributed by atoms with Crippen LogP contribution in [0.4, 0.5) is 5.69 Å². The van der Waals surface area contributed by atoms with Crippen molar-refractivity contribution in [2.24, 2.45) is 5.92 Å². The molecule has 1 aromatic carbocycles. The molecular weight excluding hydrogens is 242 g/mol. The minimum atomic E-state index is -3.40. The van der Waals surface area contributed by atoms with Crippen molar-refractivity contribution in [3.63, 3.8) is 0 Å². The van der Waals surface area contributed by atoms with E-state index in [1.54, 1.807) is 12.1 Å². The molecule has 0 bridgehead atoms. The van der Waals surface area contributed by atoms with Gasteiger partial charge in [0.15, 0.2) is 11.5 Å². The highest BCUT2D eigenvalue weighted by Gasteiger charge is 2.22. The zero-order valence-electron chi connectivity index (χ0n) is 9.51. The van der Waals surface area contributed by atoms with E-state index in [1.165, 1.54) is 6.07 Å². The minimum absolute atomic E-state index is 0.140. The van der Waals surface area contributed by atoms with Gasteiger partial charge in [-0.15, -0.1) is 0 Å². The Labute approximate surface area is 100 Å². The number of hydrogen-bond acceptors (Lipinski definition) is 4. The Bertz CT molecular complexity index is 508. The number of rotatable bonds is 5. The van der Waals surface area contributed by atoms with Gasteiger partial charge in [-0.25, -0.2) is 8.42 Å². The fraction of sp³-hybridized carbons (Fsp3) is 0.455. The molecule has 94 valence electrons. The standard InChI is InChI=1S/C11H15NO4S/c1-17(14,15)12-9-3-2-4-10(11(9)13)16-7-8-5-6-8/h2-4,8,12-13H,5-7H2,1H3. The van der Waals surface area contributed by atoms with Crippen molar-refractivity contribution in [1.82, 2.24) is 0 Å². The Balaban J connectivity index is 2.13. The van der Waals surface area contributed by atoms with Gasteiger partial charge in [0.05, 0.1) is 18.6 Å². The van der Waals surface area contributed by atoms with E-state index in [0.29, 0.717) is 18.3 Å². The van der Waals surface area contributed by atoms with Crippen LogP contribution in [0.25, 0.3) is 0 Å². The van der Waals surface area contributed by atoms with Gasteiger partial charge in [0.2, 0.25) is 10.0 Å². The highest BCUT2D eigenvalue weighted by atomic mass is 32.2. The Morgan fingerprint density at radius 1 is 1.47 bits per heavy atom. The van der Waals surface area contributed by atoms with Gasteiger partial charge in [0, 0.05) is 0 Å². The first-order valence-corrected chi connectivity index (χ1v) is 7.27. The van der Waals surface area contributed by atoms with Gasteiger partial charge in [-0.3, -0.25) is 4.72 Å². The summed E-state index contributed by atoms with van der Waals surface area (Å²) in [7, 11) is -3.40. The smallest absolute Gasteiger partial charge is 0.229 e. The second-order valence-electron chi connectivity index (χ2n) is 4.28. The Hall–Kier alpha value is -1.43. The molecule has 1 aliphatic rings. The molecule has 5 nitrogen and oxygen atoms in total. The average molecular weight is 257 g/mol. The number of hydrogen-bond donors (Lipinski definition) is 2. The zero-order valence-corrected chi connectivity index (χ0v) is 10.3. The molecular formula is C11H15NO4S. The van der Waals surface area contributed by atoms with Crippen molar-refractivity contribution in [3.05, 3.63) is 18.2 Å². The SMILES string of the molecule is CS(=O)(=O)Nc1cccc(OCC2CC2)c1O. The first-order valence-electron chi connectivity index (χ1n) is 5.38. The second kappa shape index (κ2) is 4.44. The predicted molar refractivity (Wildman–Crippen MR) is 64.8 cm³/mol. The Morgan fingerprint density at radius 2 is 2.18 bits per heavy atom. The number of anilines is 1. The first-order chi connectivity index (χ1) is 7.96. The summed E-state index contributed by atoms with van der Waals surface area (Å²) < 4.78 is 29.8. The lowest BCUT2D eigenvalue weighted by molar-refractivity contribution is 0.285. The highest BCUT2D eigenvalue weighted by molar-refractivity contribution is 7.92. The molecule has 17 heavy (non-hydrogen) atoms. The molecule has 0 saturated heterocycles. The van der Waals surface area contributed by atoms with E-state index in [0.717, 1.165) is 19.1 Å². The molecule has 0 unspecified atom stereocenters. The van der Waals surface area contributed by atoms with Gasteiger partial charge in [-0.2, -0.15) is 0 Å². The summed E-state index contributed by atoms with van der Waals surface area (Å²) in [6, 6.07) is 4.74. The predicted octanol–water partition coefficient (Wildman–Crippen LogP) is 1.55. The van der Waals surface area contributed by atoms with E-state index in [9.17, 15) is 13.5 Å². The topological polar surface area (TPSA) is 75.6 Å². The van der Waals surface area contributed by atoms with Gasteiger partial charge < -0.3 is 9.84 Å². The van der Waals surface area contributed by atoms with Crippen molar-refractivity contribution >= 4 is 15.7 Å². The Kier molecular flexibility index (Phi) is 3.15. The van der Waals surface area contributed by atoms with Crippen molar-refractivity contribution in [3.8, 4) is 11.5 Å². The van der Waals surface area contributed by atoms with E-state index >= 15 is 0 Å². The molecule has 0 radical (unpaired) electrons. The maximum atomic E-state index is 11.1. The van der Waals surface area contributed by atoms with E-state index < -0.39 is 10.0 Å². The highest BCUT2D eigenvalue weighted by Crippen LogP contribution is 2.36. The van der Waals surface area contributed by atoms with E-state index in [4.69, 9.17) is 4.74 Å². The molecule has 2 N–H and O–H groups in total. The summed E-state index contributed by atoms with van der Waals surface area (Å²) in [6.07, 6.45) is 3.34. The summed E-state index contributed by atoms with van der Waals surface area (Å²) in [5.74, 6) is 0.713. The largest absolute Gasteiger partial charge is 0.503 e. The van der Waals surface area contributed by atoms with Crippen LogP contribution in [-0.4, -0.2) is 26.4 Å². The number of phenols is 1. The normalized spacial score (nSPS) is 15.6. The lowest BCUT2D eigenvalue weighted by atomic mass is 10.3. The lowest BCUT2D eigenvalue weighted by Crippen LogP contribution is -2.10. The van der Waals surface area contributed by atoms with E-state index in [-0.39, 0.29) is 11.4 Å². The zero-order chi connectivity index (χ0) is 12.5. The van der Waals surface area contributed by atoms with Crippen LogP contribution in [0.1, 0.15) is 12.8 Å². The Morgan fingerprint density at radius 3 is 2.76 bits per heavy atom. The van der Waals surface area contributed by atoms with Gasteiger partial charge in [-0.1, -0.05) is 6.07 Å². The third kappa shape index (κ3) is 3.52. The molecule has 1 saturated carbocycles. The summed E-state index contributed by atoms with van der Waals surface area (Å²) >= 11 is 0. The summed E-state index contributed by atoms with van der Waals surface area (Å²) in [5, 5.41) is 9.83. The molecule has 0 amide bonds. The molecule has 0 spiro atoms. The maximum absolute atomic E-state index is 11.1. The fourth-order valence-corrected chi connectivity index (χ4v) is 1.98. The minimum Gasteiger partial charge on any atom is -0.503 e. The molecule has 6 heteroatoms. The van der Waals surface area contributed by atoms with Crippen LogP contribution < -0.4 is 9.46 Å². The van der Waals surface area contributed by atoms with Crippen molar-refractivity contribution in [2.75, 3.05) is 17.6 Å².